The Hall–Kier alpha value is -1.60. The van der Waals surface area contributed by atoms with E-state index in [9.17, 15) is 13.5 Å². The van der Waals surface area contributed by atoms with Crippen molar-refractivity contribution in [3.63, 3.8) is 0 Å². The highest BCUT2D eigenvalue weighted by atomic mass is 35.5. The van der Waals surface area contributed by atoms with Gasteiger partial charge in [0, 0.05) is 31.4 Å². The number of sulfonamides is 1. The van der Waals surface area contributed by atoms with Crippen molar-refractivity contribution < 1.29 is 13.5 Å². The van der Waals surface area contributed by atoms with Gasteiger partial charge in [-0.05, 0) is 35.4 Å². The van der Waals surface area contributed by atoms with E-state index >= 15 is 0 Å². The van der Waals surface area contributed by atoms with E-state index in [4.69, 9.17) is 11.6 Å². The molecule has 0 aliphatic carbocycles. The summed E-state index contributed by atoms with van der Waals surface area (Å²) in [4.78, 5) is 1.95. The molecule has 2 aromatic rings. The molecule has 130 valence electrons. The van der Waals surface area contributed by atoms with Crippen molar-refractivity contribution in [2.45, 2.75) is 11.9 Å². The van der Waals surface area contributed by atoms with Gasteiger partial charge in [0.1, 0.15) is 0 Å². The average Bonchev–Trinajstić information content (AvgIpc) is 2.55. The van der Waals surface area contributed by atoms with Crippen molar-refractivity contribution in [2.24, 2.45) is 0 Å². The number of anilines is 1. The number of nitrogens with one attached hydrogen (secondary N) is 1. The van der Waals surface area contributed by atoms with Gasteiger partial charge in [-0.15, -0.1) is 0 Å². The van der Waals surface area contributed by atoms with Gasteiger partial charge in [-0.2, -0.15) is 0 Å². The van der Waals surface area contributed by atoms with Crippen molar-refractivity contribution in [3.8, 4) is 0 Å². The SMILES string of the molecule is CN(C)c1ccc(C(O)CNS(=O)(=O)Cc2ccc(Cl)cc2)cc1. The first kappa shape index (κ1) is 18.7. The van der Waals surface area contributed by atoms with Gasteiger partial charge in [0.15, 0.2) is 0 Å². The van der Waals surface area contributed by atoms with Gasteiger partial charge in [-0.25, -0.2) is 13.1 Å². The summed E-state index contributed by atoms with van der Waals surface area (Å²) in [5.74, 6) is -0.156. The zero-order chi connectivity index (χ0) is 17.7. The van der Waals surface area contributed by atoms with Gasteiger partial charge in [-0.3, -0.25) is 0 Å². The van der Waals surface area contributed by atoms with E-state index < -0.39 is 16.1 Å². The lowest BCUT2D eigenvalue weighted by Crippen LogP contribution is -2.29. The fourth-order valence-electron chi connectivity index (χ4n) is 2.17. The highest BCUT2D eigenvalue weighted by Crippen LogP contribution is 2.18. The average molecular weight is 369 g/mol. The number of hydrogen-bond donors (Lipinski definition) is 2. The third-order valence-electron chi connectivity index (χ3n) is 3.56. The van der Waals surface area contributed by atoms with Crippen LogP contribution in [0.1, 0.15) is 17.2 Å². The second kappa shape index (κ2) is 7.98. The molecular formula is C17H21ClN2O3S. The Kier molecular flexibility index (Phi) is 6.23. The maximum absolute atomic E-state index is 12.1. The third-order valence-corrected chi connectivity index (χ3v) is 5.13. The lowest BCUT2D eigenvalue weighted by molar-refractivity contribution is 0.182. The fraction of sp³-hybridized carbons (Fsp3) is 0.294. The van der Waals surface area contributed by atoms with Crippen LogP contribution in [0.3, 0.4) is 0 Å². The minimum absolute atomic E-state index is 0.0722. The van der Waals surface area contributed by atoms with Crippen LogP contribution in [-0.4, -0.2) is 34.2 Å². The molecule has 0 saturated heterocycles. The molecule has 0 saturated carbocycles. The summed E-state index contributed by atoms with van der Waals surface area (Å²) < 4.78 is 26.6. The molecule has 1 unspecified atom stereocenters. The number of halogens is 1. The van der Waals surface area contributed by atoms with Gasteiger partial charge >= 0.3 is 0 Å². The molecule has 0 aromatic heterocycles. The Morgan fingerprint density at radius 3 is 2.21 bits per heavy atom. The molecule has 0 heterocycles. The highest BCUT2D eigenvalue weighted by molar-refractivity contribution is 7.88. The topological polar surface area (TPSA) is 69.6 Å². The van der Waals surface area contributed by atoms with Crippen LogP contribution in [0.5, 0.6) is 0 Å². The molecule has 2 N–H and O–H groups in total. The summed E-state index contributed by atoms with van der Waals surface area (Å²) >= 11 is 5.78. The Labute approximate surface area is 147 Å². The van der Waals surface area contributed by atoms with Crippen LogP contribution in [-0.2, 0) is 15.8 Å². The van der Waals surface area contributed by atoms with E-state index in [1.165, 1.54) is 0 Å². The standard InChI is InChI=1S/C17H21ClN2O3S/c1-20(2)16-9-5-14(6-10-16)17(21)11-19-24(22,23)12-13-3-7-15(18)8-4-13/h3-10,17,19,21H,11-12H2,1-2H3. The smallest absolute Gasteiger partial charge is 0.215 e. The normalized spacial score (nSPS) is 12.8. The van der Waals surface area contributed by atoms with E-state index in [-0.39, 0.29) is 12.3 Å². The minimum atomic E-state index is -3.53. The minimum Gasteiger partial charge on any atom is -0.387 e. The molecule has 0 amide bonds. The summed E-state index contributed by atoms with van der Waals surface area (Å²) in [6.07, 6.45) is -0.902. The number of nitrogens with zero attached hydrogens (tertiary/aromatic N) is 1. The highest BCUT2D eigenvalue weighted by Gasteiger charge is 2.15. The van der Waals surface area contributed by atoms with Crippen molar-refractivity contribution in [3.05, 3.63) is 64.7 Å². The monoisotopic (exact) mass is 368 g/mol. The molecule has 0 fully saturated rings. The Morgan fingerprint density at radius 2 is 1.67 bits per heavy atom. The van der Waals surface area contributed by atoms with Crippen LogP contribution < -0.4 is 9.62 Å². The molecule has 5 nitrogen and oxygen atoms in total. The number of aliphatic hydroxyl groups excluding tert-OH is 1. The molecule has 2 aromatic carbocycles. The van der Waals surface area contributed by atoms with Gasteiger partial charge < -0.3 is 10.0 Å². The van der Waals surface area contributed by atoms with Crippen LogP contribution in [0.4, 0.5) is 5.69 Å². The summed E-state index contributed by atoms with van der Waals surface area (Å²) in [5, 5.41) is 10.7. The molecule has 1 atom stereocenters. The fourth-order valence-corrected chi connectivity index (χ4v) is 3.44. The molecule has 0 bridgehead atoms. The van der Waals surface area contributed by atoms with E-state index in [1.54, 1.807) is 36.4 Å². The zero-order valence-electron chi connectivity index (χ0n) is 13.6. The molecule has 7 heteroatoms. The third kappa shape index (κ3) is 5.49. The summed E-state index contributed by atoms with van der Waals surface area (Å²) in [5.41, 5.74) is 2.31. The summed E-state index contributed by atoms with van der Waals surface area (Å²) in [6.45, 7) is -0.0722. The largest absolute Gasteiger partial charge is 0.387 e. The zero-order valence-corrected chi connectivity index (χ0v) is 15.2. The Bertz CT molecular complexity index is 759. The van der Waals surface area contributed by atoms with Crippen LogP contribution >= 0.6 is 11.6 Å². The predicted molar refractivity (Wildman–Crippen MR) is 97.8 cm³/mol. The van der Waals surface area contributed by atoms with Crippen molar-refractivity contribution in [1.29, 1.82) is 0 Å². The van der Waals surface area contributed by atoms with E-state index in [0.717, 1.165) is 5.69 Å². The molecule has 2 rings (SSSR count). The molecule has 0 spiro atoms. The second-order valence-corrected chi connectivity index (χ2v) is 7.98. The number of aliphatic hydroxyl groups is 1. The summed E-state index contributed by atoms with van der Waals surface area (Å²) in [7, 11) is 0.320. The maximum Gasteiger partial charge on any atom is 0.215 e. The van der Waals surface area contributed by atoms with Crippen LogP contribution in [0.2, 0.25) is 5.02 Å². The van der Waals surface area contributed by atoms with Crippen LogP contribution in [0.15, 0.2) is 48.5 Å². The first-order chi connectivity index (χ1) is 11.3. The lowest BCUT2D eigenvalue weighted by Gasteiger charge is -2.16. The predicted octanol–water partition coefficient (Wildman–Crippen LogP) is 2.56. The molecular weight excluding hydrogens is 348 g/mol. The number of rotatable bonds is 7. The quantitative estimate of drug-likeness (QED) is 0.788. The summed E-state index contributed by atoms with van der Waals surface area (Å²) in [6, 6.07) is 13.9. The first-order valence-corrected chi connectivity index (χ1v) is 9.47. The second-order valence-electron chi connectivity index (χ2n) is 5.74. The molecule has 0 aliphatic rings. The van der Waals surface area contributed by atoms with Gasteiger partial charge in [0.25, 0.3) is 0 Å². The molecule has 0 radical (unpaired) electrons. The number of benzene rings is 2. The van der Waals surface area contributed by atoms with Gasteiger partial charge in [-0.1, -0.05) is 35.9 Å². The van der Waals surface area contributed by atoms with Crippen LogP contribution in [0.25, 0.3) is 0 Å². The first-order valence-electron chi connectivity index (χ1n) is 7.44. The van der Waals surface area contributed by atoms with E-state index in [0.29, 0.717) is 16.1 Å². The van der Waals surface area contributed by atoms with Crippen molar-refractivity contribution in [2.75, 3.05) is 25.5 Å². The van der Waals surface area contributed by atoms with Gasteiger partial charge in [0.05, 0.1) is 11.9 Å². The van der Waals surface area contributed by atoms with Crippen molar-refractivity contribution in [1.82, 2.24) is 4.72 Å². The van der Waals surface area contributed by atoms with Crippen LogP contribution in [0, 0.1) is 0 Å². The lowest BCUT2D eigenvalue weighted by atomic mass is 10.1. The van der Waals surface area contributed by atoms with Crippen molar-refractivity contribution >= 4 is 27.3 Å². The number of hydrogen-bond acceptors (Lipinski definition) is 4. The van der Waals surface area contributed by atoms with E-state index in [2.05, 4.69) is 4.72 Å². The molecule has 24 heavy (non-hydrogen) atoms. The Morgan fingerprint density at radius 1 is 1.08 bits per heavy atom. The maximum atomic E-state index is 12.1. The van der Waals surface area contributed by atoms with Gasteiger partial charge in [0.2, 0.25) is 10.0 Å². The Balaban J connectivity index is 1.94. The molecule has 0 aliphatic heterocycles. The van der Waals surface area contributed by atoms with E-state index in [1.807, 2.05) is 31.1 Å².